The van der Waals surface area contributed by atoms with Crippen molar-refractivity contribution >= 4 is 17.7 Å². The molecular formula is C27H25N3O5. The molecular weight excluding hydrogens is 446 g/mol. The highest BCUT2D eigenvalue weighted by Crippen LogP contribution is 2.36. The maximum atomic E-state index is 12.5. The standard InChI is InChI=1S/C27H25N3O5/c1-34-25-16-22(24(30(32)33)17-26(25)35-19-21-11-6-3-7-12-21)15-23(18-28)27(31)29-14-8-13-20-9-4-2-5-10-20/h2-7,9-12,15-17H,8,13-14,19H2,1H3,(H,29,31)/b23-15-. The van der Waals surface area contributed by atoms with E-state index in [2.05, 4.69) is 5.32 Å². The Balaban J connectivity index is 1.75. The fraction of sp³-hybridized carbons (Fsp3) is 0.185. The topological polar surface area (TPSA) is 114 Å². The lowest BCUT2D eigenvalue weighted by atomic mass is 10.1. The van der Waals surface area contributed by atoms with Crippen molar-refractivity contribution in [1.82, 2.24) is 5.32 Å². The second-order valence-electron chi connectivity index (χ2n) is 7.61. The highest BCUT2D eigenvalue weighted by Gasteiger charge is 2.21. The molecule has 1 amide bonds. The van der Waals surface area contributed by atoms with Gasteiger partial charge in [0.2, 0.25) is 0 Å². The fourth-order valence-corrected chi connectivity index (χ4v) is 3.38. The molecule has 0 aromatic heterocycles. The van der Waals surface area contributed by atoms with Gasteiger partial charge in [-0.25, -0.2) is 0 Å². The van der Waals surface area contributed by atoms with Gasteiger partial charge in [0, 0.05) is 6.54 Å². The van der Waals surface area contributed by atoms with Crippen LogP contribution in [-0.4, -0.2) is 24.5 Å². The fourth-order valence-electron chi connectivity index (χ4n) is 3.38. The van der Waals surface area contributed by atoms with Crippen LogP contribution in [0.5, 0.6) is 11.5 Å². The zero-order valence-corrected chi connectivity index (χ0v) is 19.3. The molecule has 0 radical (unpaired) electrons. The lowest BCUT2D eigenvalue weighted by Crippen LogP contribution is -2.25. The van der Waals surface area contributed by atoms with Crippen molar-refractivity contribution in [3.05, 3.63) is 105 Å². The number of rotatable bonds is 11. The van der Waals surface area contributed by atoms with Crippen LogP contribution in [0.1, 0.15) is 23.1 Å². The molecule has 8 nitrogen and oxygen atoms in total. The van der Waals surface area contributed by atoms with Crippen LogP contribution in [0.3, 0.4) is 0 Å². The number of hydrogen-bond acceptors (Lipinski definition) is 6. The van der Waals surface area contributed by atoms with Crippen LogP contribution in [0.2, 0.25) is 0 Å². The number of carbonyl (C=O) groups is 1. The summed E-state index contributed by atoms with van der Waals surface area (Å²) >= 11 is 0. The molecule has 1 N–H and O–H groups in total. The summed E-state index contributed by atoms with van der Waals surface area (Å²) in [6, 6.07) is 23.6. The van der Waals surface area contributed by atoms with E-state index < -0.39 is 10.8 Å². The van der Waals surface area contributed by atoms with E-state index in [1.807, 2.05) is 66.7 Å². The van der Waals surface area contributed by atoms with Crippen LogP contribution >= 0.6 is 0 Å². The molecule has 0 heterocycles. The molecule has 3 rings (SSSR count). The Morgan fingerprint density at radius 1 is 1.06 bits per heavy atom. The first kappa shape index (κ1) is 25.0. The van der Waals surface area contributed by atoms with Crippen molar-refractivity contribution in [3.8, 4) is 17.6 Å². The molecule has 0 saturated carbocycles. The lowest BCUT2D eigenvalue weighted by Gasteiger charge is -2.12. The minimum Gasteiger partial charge on any atom is -0.493 e. The Bertz CT molecular complexity index is 1230. The van der Waals surface area contributed by atoms with Crippen LogP contribution in [0.25, 0.3) is 6.08 Å². The molecule has 0 atom stereocenters. The normalized spacial score (nSPS) is 10.8. The van der Waals surface area contributed by atoms with Crippen molar-refractivity contribution in [1.29, 1.82) is 5.26 Å². The number of carbonyl (C=O) groups excluding carboxylic acids is 1. The van der Waals surface area contributed by atoms with Gasteiger partial charge in [-0.15, -0.1) is 0 Å². The maximum absolute atomic E-state index is 12.5. The molecule has 0 aliphatic heterocycles. The van der Waals surface area contributed by atoms with Gasteiger partial charge >= 0.3 is 0 Å². The lowest BCUT2D eigenvalue weighted by molar-refractivity contribution is -0.385. The highest BCUT2D eigenvalue weighted by atomic mass is 16.6. The molecule has 0 saturated heterocycles. The number of nitrogens with one attached hydrogen (secondary N) is 1. The molecule has 0 spiro atoms. The zero-order chi connectivity index (χ0) is 25.0. The summed E-state index contributed by atoms with van der Waals surface area (Å²) in [7, 11) is 1.41. The van der Waals surface area contributed by atoms with Gasteiger partial charge in [0.25, 0.3) is 11.6 Å². The van der Waals surface area contributed by atoms with Crippen molar-refractivity contribution < 1.29 is 19.2 Å². The van der Waals surface area contributed by atoms with Crippen LogP contribution in [0, 0.1) is 21.4 Å². The quantitative estimate of drug-likeness (QED) is 0.141. The van der Waals surface area contributed by atoms with E-state index in [1.54, 1.807) is 0 Å². The van der Waals surface area contributed by atoms with Gasteiger partial charge in [0.1, 0.15) is 18.2 Å². The first-order valence-corrected chi connectivity index (χ1v) is 11.0. The van der Waals surface area contributed by atoms with Crippen LogP contribution in [-0.2, 0) is 17.8 Å². The maximum Gasteiger partial charge on any atom is 0.280 e. The average Bonchev–Trinajstić information content (AvgIpc) is 2.89. The third-order valence-corrected chi connectivity index (χ3v) is 5.18. The average molecular weight is 472 g/mol. The number of nitriles is 1. The Hall–Kier alpha value is -4.64. The molecule has 0 aliphatic carbocycles. The van der Waals surface area contributed by atoms with Crippen molar-refractivity contribution in [2.45, 2.75) is 19.4 Å². The van der Waals surface area contributed by atoms with Gasteiger partial charge in [-0.3, -0.25) is 14.9 Å². The van der Waals surface area contributed by atoms with Gasteiger partial charge in [-0.2, -0.15) is 5.26 Å². The summed E-state index contributed by atoms with van der Waals surface area (Å²) in [5.74, 6) is -0.166. The first-order chi connectivity index (χ1) is 17.0. The van der Waals surface area contributed by atoms with E-state index in [4.69, 9.17) is 9.47 Å². The molecule has 0 aliphatic rings. The largest absolute Gasteiger partial charge is 0.493 e. The Morgan fingerprint density at radius 3 is 2.31 bits per heavy atom. The minimum absolute atomic E-state index is 0.0647. The number of nitro groups is 1. The number of amides is 1. The predicted molar refractivity (Wildman–Crippen MR) is 132 cm³/mol. The van der Waals surface area contributed by atoms with Crippen molar-refractivity contribution in [3.63, 3.8) is 0 Å². The van der Waals surface area contributed by atoms with Crippen LogP contribution in [0.4, 0.5) is 5.69 Å². The summed E-state index contributed by atoms with van der Waals surface area (Å²) in [6.07, 6.45) is 2.66. The molecule has 0 unspecified atom stereocenters. The summed E-state index contributed by atoms with van der Waals surface area (Å²) in [5, 5.41) is 23.9. The van der Waals surface area contributed by atoms with E-state index >= 15 is 0 Å². The van der Waals surface area contributed by atoms with Crippen molar-refractivity contribution in [2.24, 2.45) is 0 Å². The molecule has 8 heteroatoms. The van der Waals surface area contributed by atoms with E-state index in [0.717, 1.165) is 17.5 Å². The number of aryl methyl sites for hydroxylation is 1. The van der Waals surface area contributed by atoms with Gasteiger partial charge in [-0.05, 0) is 36.1 Å². The van der Waals surface area contributed by atoms with E-state index in [1.165, 1.54) is 25.3 Å². The van der Waals surface area contributed by atoms with Gasteiger partial charge in [-0.1, -0.05) is 60.7 Å². The van der Waals surface area contributed by atoms with E-state index in [-0.39, 0.29) is 34.9 Å². The monoisotopic (exact) mass is 471 g/mol. The molecule has 35 heavy (non-hydrogen) atoms. The van der Waals surface area contributed by atoms with E-state index in [9.17, 15) is 20.2 Å². The van der Waals surface area contributed by atoms with E-state index in [0.29, 0.717) is 13.0 Å². The number of hydrogen-bond donors (Lipinski definition) is 1. The highest BCUT2D eigenvalue weighted by molar-refractivity contribution is 6.02. The first-order valence-electron chi connectivity index (χ1n) is 11.0. The summed E-state index contributed by atoms with van der Waals surface area (Å²) < 4.78 is 11.1. The third kappa shape index (κ3) is 7.17. The summed E-state index contributed by atoms with van der Waals surface area (Å²) in [4.78, 5) is 23.7. The number of methoxy groups -OCH3 is 1. The predicted octanol–water partition coefficient (Wildman–Crippen LogP) is 4.84. The van der Waals surface area contributed by atoms with Crippen LogP contribution < -0.4 is 14.8 Å². The second kappa shape index (κ2) is 12.6. The number of nitro benzene ring substituents is 1. The molecule has 0 fully saturated rings. The molecule has 0 bridgehead atoms. The summed E-state index contributed by atoms with van der Waals surface area (Å²) in [6.45, 7) is 0.558. The molecule has 178 valence electrons. The summed E-state index contributed by atoms with van der Waals surface area (Å²) in [5.41, 5.74) is 1.55. The second-order valence-corrected chi connectivity index (χ2v) is 7.61. The molecule has 3 aromatic carbocycles. The van der Waals surface area contributed by atoms with Crippen molar-refractivity contribution in [2.75, 3.05) is 13.7 Å². The Kier molecular flexibility index (Phi) is 8.97. The third-order valence-electron chi connectivity index (χ3n) is 5.18. The zero-order valence-electron chi connectivity index (χ0n) is 19.3. The van der Waals surface area contributed by atoms with Gasteiger partial charge < -0.3 is 14.8 Å². The number of ether oxygens (including phenoxy) is 2. The number of benzene rings is 3. The SMILES string of the molecule is COc1cc(/C=C(/C#N)C(=O)NCCCc2ccccc2)c([N+](=O)[O-])cc1OCc1ccccc1. The number of nitrogens with zero attached hydrogens (tertiary/aromatic N) is 2. The molecule has 3 aromatic rings. The van der Waals surface area contributed by atoms with Gasteiger partial charge in [0.15, 0.2) is 11.5 Å². The minimum atomic E-state index is -0.599. The Labute approximate surface area is 203 Å². The van der Waals surface area contributed by atoms with Crippen LogP contribution in [0.15, 0.2) is 78.4 Å². The smallest absolute Gasteiger partial charge is 0.280 e. The van der Waals surface area contributed by atoms with Gasteiger partial charge in [0.05, 0.1) is 23.7 Å². The Morgan fingerprint density at radius 2 is 1.71 bits per heavy atom.